The minimum atomic E-state index is -1.53. The Balaban J connectivity index is 2.89. The van der Waals surface area contributed by atoms with Crippen molar-refractivity contribution in [3.8, 4) is 0 Å². The second-order valence-corrected chi connectivity index (χ2v) is 3.51. The molecule has 3 nitrogen and oxygen atoms in total. The number of ether oxygens (including phenoxy) is 1. The first-order valence-electron chi connectivity index (χ1n) is 4.35. The molecular formula is C10H9ClF2O3. The second-order valence-electron chi connectivity index (χ2n) is 3.10. The smallest absolute Gasteiger partial charge is 0.335 e. The van der Waals surface area contributed by atoms with Crippen molar-refractivity contribution in [3.63, 3.8) is 0 Å². The number of hydrogen-bond donors (Lipinski definition) is 1. The van der Waals surface area contributed by atoms with Gasteiger partial charge in [-0.25, -0.2) is 13.6 Å². The number of carbonyl (C=O) groups is 1. The van der Waals surface area contributed by atoms with E-state index < -0.39 is 23.7 Å². The number of benzene rings is 1. The summed E-state index contributed by atoms with van der Waals surface area (Å²) in [6.45, 7) is 0. The minimum Gasteiger partial charge on any atom is -0.467 e. The highest BCUT2D eigenvalue weighted by molar-refractivity contribution is 6.30. The van der Waals surface area contributed by atoms with Crippen molar-refractivity contribution in [2.24, 2.45) is 0 Å². The van der Waals surface area contributed by atoms with E-state index in [1.807, 2.05) is 0 Å². The van der Waals surface area contributed by atoms with Gasteiger partial charge in [0.05, 0.1) is 12.1 Å². The van der Waals surface area contributed by atoms with E-state index in [9.17, 15) is 18.7 Å². The Morgan fingerprint density at radius 1 is 1.50 bits per heavy atom. The van der Waals surface area contributed by atoms with Gasteiger partial charge in [-0.2, -0.15) is 0 Å². The number of carbonyl (C=O) groups excluding carboxylic acids is 1. The van der Waals surface area contributed by atoms with Crippen molar-refractivity contribution in [2.75, 3.05) is 7.11 Å². The number of esters is 1. The molecule has 1 rings (SSSR count). The lowest BCUT2D eigenvalue weighted by Gasteiger charge is -2.09. The van der Waals surface area contributed by atoms with Gasteiger partial charge < -0.3 is 9.84 Å². The number of aliphatic hydroxyl groups excluding tert-OH is 1. The Hall–Kier alpha value is -1.20. The van der Waals surface area contributed by atoms with E-state index in [1.165, 1.54) is 0 Å². The van der Waals surface area contributed by atoms with Crippen LogP contribution in [0.3, 0.4) is 0 Å². The largest absolute Gasteiger partial charge is 0.467 e. The Labute approximate surface area is 95.6 Å². The monoisotopic (exact) mass is 250 g/mol. The maximum Gasteiger partial charge on any atom is 0.335 e. The van der Waals surface area contributed by atoms with Gasteiger partial charge in [-0.1, -0.05) is 11.6 Å². The molecule has 0 heterocycles. The van der Waals surface area contributed by atoms with Crippen LogP contribution in [0.15, 0.2) is 12.1 Å². The van der Waals surface area contributed by atoms with Gasteiger partial charge in [0.25, 0.3) is 0 Å². The van der Waals surface area contributed by atoms with E-state index in [1.54, 1.807) is 0 Å². The third-order valence-electron chi connectivity index (χ3n) is 1.98. The molecule has 6 heteroatoms. The standard InChI is InChI=1S/C10H9ClF2O3/c1-16-10(15)9(14)3-5-2-8(13)6(11)4-7(5)12/h2,4,9,14H,3H2,1H3. The zero-order chi connectivity index (χ0) is 12.3. The second kappa shape index (κ2) is 5.23. The van der Waals surface area contributed by atoms with E-state index in [-0.39, 0.29) is 17.0 Å². The van der Waals surface area contributed by atoms with Gasteiger partial charge in [0.2, 0.25) is 0 Å². The highest BCUT2D eigenvalue weighted by Gasteiger charge is 2.19. The predicted molar refractivity (Wildman–Crippen MR) is 53.1 cm³/mol. The Kier molecular flexibility index (Phi) is 4.20. The van der Waals surface area contributed by atoms with Gasteiger partial charge in [0.15, 0.2) is 6.10 Å². The molecule has 1 unspecified atom stereocenters. The Morgan fingerprint density at radius 2 is 2.12 bits per heavy atom. The molecule has 1 atom stereocenters. The first-order chi connectivity index (χ1) is 7.45. The minimum absolute atomic E-state index is 0.139. The summed E-state index contributed by atoms with van der Waals surface area (Å²) >= 11 is 5.34. The molecule has 0 aliphatic heterocycles. The molecule has 0 bridgehead atoms. The van der Waals surface area contributed by atoms with E-state index in [0.717, 1.165) is 19.2 Å². The van der Waals surface area contributed by atoms with Crippen LogP contribution in [0, 0.1) is 11.6 Å². The summed E-state index contributed by atoms with van der Waals surface area (Å²) < 4.78 is 30.5. The summed E-state index contributed by atoms with van der Waals surface area (Å²) in [6, 6.07) is 1.63. The molecule has 1 N–H and O–H groups in total. The van der Waals surface area contributed by atoms with Gasteiger partial charge in [0, 0.05) is 6.42 Å². The molecule has 0 amide bonds. The van der Waals surface area contributed by atoms with Crippen LogP contribution in [0.4, 0.5) is 8.78 Å². The maximum atomic E-state index is 13.2. The molecule has 0 fully saturated rings. The van der Waals surface area contributed by atoms with E-state index >= 15 is 0 Å². The predicted octanol–water partition coefficient (Wildman–Crippen LogP) is 1.69. The molecule has 1 aromatic carbocycles. The van der Waals surface area contributed by atoms with Crippen molar-refractivity contribution in [2.45, 2.75) is 12.5 Å². The molecular weight excluding hydrogens is 242 g/mol. The summed E-state index contributed by atoms with van der Waals surface area (Å²) in [5.41, 5.74) is -0.139. The van der Waals surface area contributed by atoms with Crippen LogP contribution in [0.1, 0.15) is 5.56 Å². The summed E-state index contributed by atoms with van der Waals surface area (Å²) in [5, 5.41) is 8.91. The van der Waals surface area contributed by atoms with Crippen LogP contribution < -0.4 is 0 Å². The zero-order valence-corrected chi connectivity index (χ0v) is 9.09. The van der Waals surface area contributed by atoms with Crippen molar-refractivity contribution in [1.82, 2.24) is 0 Å². The first kappa shape index (κ1) is 12.9. The highest BCUT2D eigenvalue weighted by atomic mass is 35.5. The van der Waals surface area contributed by atoms with Crippen LogP contribution in [-0.4, -0.2) is 24.3 Å². The summed E-state index contributed by atoms with van der Waals surface area (Å²) in [5.74, 6) is -2.50. The lowest BCUT2D eigenvalue weighted by molar-refractivity contribution is -0.150. The van der Waals surface area contributed by atoms with Gasteiger partial charge >= 0.3 is 5.97 Å². The highest BCUT2D eigenvalue weighted by Crippen LogP contribution is 2.20. The summed E-state index contributed by atoms with van der Waals surface area (Å²) in [7, 11) is 1.09. The fraction of sp³-hybridized carbons (Fsp3) is 0.300. The molecule has 0 saturated carbocycles. The van der Waals surface area contributed by atoms with Crippen molar-refractivity contribution in [3.05, 3.63) is 34.4 Å². The summed E-state index contributed by atoms with van der Waals surface area (Å²) in [4.78, 5) is 10.9. The number of halogens is 3. The first-order valence-corrected chi connectivity index (χ1v) is 4.72. The van der Waals surface area contributed by atoms with E-state index in [2.05, 4.69) is 4.74 Å². The molecule has 0 saturated heterocycles. The Morgan fingerprint density at radius 3 is 2.69 bits per heavy atom. The number of methoxy groups -OCH3 is 1. The molecule has 1 aromatic rings. The SMILES string of the molecule is COC(=O)C(O)Cc1cc(F)c(Cl)cc1F. The molecule has 88 valence electrons. The van der Waals surface area contributed by atoms with E-state index in [4.69, 9.17) is 11.6 Å². The fourth-order valence-corrected chi connectivity index (χ4v) is 1.30. The van der Waals surface area contributed by atoms with Gasteiger partial charge in [-0.3, -0.25) is 0 Å². The van der Waals surface area contributed by atoms with Crippen molar-refractivity contribution >= 4 is 17.6 Å². The molecule has 16 heavy (non-hydrogen) atoms. The Bertz CT molecular complexity index is 409. The van der Waals surface area contributed by atoms with Crippen LogP contribution in [-0.2, 0) is 16.0 Å². The average Bonchev–Trinajstić information content (AvgIpc) is 2.24. The number of aliphatic hydroxyl groups is 1. The number of rotatable bonds is 3. The molecule has 0 aliphatic carbocycles. The lowest BCUT2D eigenvalue weighted by Crippen LogP contribution is -2.24. The van der Waals surface area contributed by atoms with Crippen LogP contribution in [0.2, 0.25) is 5.02 Å². The maximum absolute atomic E-state index is 13.2. The molecule has 0 radical (unpaired) electrons. The van der Waals surface area contributed by atoms with Crippen LogP contribution >= 0.6 is 11.6 Å². The van der Waals surface area contributed by atoms with Crippen LogP contribution in [0.25, 0.3) is 0 Å². The quantitative estimate of drug-likeness (QED) is 0.656. The number of hydrogen-bond acceptors (Lipinski definition) is 3. The fourth-order valence-electron chi connectivity index (χ4n) is 1.15. The summed E-state index contributed by atoms with van der Waals surface area (Å²) in [6.07, 6.45) is -1.90. The third kappa shape index (κ3) is 2.90. The van der Waals surface area contributed by atoms with Crippen molar-refractivity contribution in [1.29, 1.82) is 0 Å². The lowest BCUT2D eigenvalue weighted by atomic mass is 10.1. The normalized spacial score (nSPS) is 12.3. The van der Waals surface area contributed by atoms with Gasteiger partial charge in [-0.15, -0.1) is 0 Å². The molecule has 0 aliphatic rings. The molecule has 0 spiro atoms. The topological polar surface area (TPSA) is 46.5 Å². The van der Waals surface area contributed by atoms with E-state index in [0.29, 0.717) is 0 Å². The zero-order valence-electron chi connectivity index (χ0n) is 8.34. The molecule has 0 aromatic heterocycles. The third-order valence-corrected chi connectivity index (χ3v) is 2.27. The van der Waals surface area contributed by atoms with Crippen molar-refractivity contribution < 1.29 is 23.4 Å². The average molecular weight is 251 g/mol. The van der Waals surface area contributed by atoms with Gasteiger partial charge in [-0.05, 0) is 17.7 Å². The van der Waals surface area contributed by atoms with Gasteiger partial charge in [0.1, 0.15) is 11.6 Å². The van der Waals surface area contributed by atoms with Crippen LogP contribution in [0.5, 0.6) is 0 Å².